The molecule has 8 nitrogen and oxygen atoms in total. The summed E-state index contributed by atoms with van der Waals surface area (Å²) in [5.74, 6) is 0.318. The number of pyridine rings is 1. The number of amides is 2. The van der Waals surface area contributed by atoms with Crippen molar-refractivity contribution >= 4 is 46.3 Å². The highest BCUT2D eigenvalue weighted by atomic mass is 35.5. The van der Waals surface area contributed by atoms with Crippen molar-refractivity contribution in [2.75, 3.05) is 0 Å². The molecule has 1 aromatic heterocycles. The van der Waals surface area contributed by atoms with Crippen LogP contribution in [0, 0.1) is 10.1 Å². The maximum atomic E-state index is 12.7. The van der Waals surface area contributed by atoms with E-state index in [1.807, 2.05) is 0 Å². The zero-order valence-electron chi connectivity index (χ0n) is 16.3. The van der Waals surface area contributed by atoms with Crippen molar-refractivity contribution in [1.29, 1.82) is 0 Å². The van der Waals surface area contributed by atoms with Crippen molar-refractivity contribution in [3.63, 3.8) is 0 Å². The molecule has 0 unspecified atom stereocenters. The zero-order chi connectivity index (χ0) is 22.7. The largest absolute Gasteiger partial charge is 0.439 e. The van der Waals surface area contributed by atoms with Crippen LogP contribution in [0.5, 0.6) is 11.6 Å². The molecule has 160 valence electrons. The molecular formula is C22H14ClN3O5S. The van der Waals surface area contributed by atoms with E-state index in [1.54, 1.807) is 54.6 Å². The molecule has 0 bridgehead atoms. The van der Waals surface area contributed by atoms with Crippen molar-refractivity contribution in [3.8, 4) is 11.6 Å². The molecule has 0 saturated carbocycles. The first-order valence-electron chi connectivity index (χ1n) is 9.27. The second-order valence-electron chi connectivity index (χ2n) is 6.68. The summed E-state index contributed by atoms with van der Waals surface area (Å²) < 4.78 is 5.57. The first-order valence-corrected chi connectivity index (χ1v) is 10.5. The number of rotatable bonds is 6. The van der Waals surface area contributed by atoms with Crippen LogP contribution in [0.25, 0.3) is 6.08 Å². The number of ether oxygens (including phenoxy) is 1. The van der Waals surface area contributed by atoms with Crippen LogP contribution in [0.3, 0.4) is 0 Å². The minimum atomic E-state index is -0.539. The number of hydrogen-bond acceptors (Lipinski definition) is 7. The molecule has 1 aliphatic rings. The van der Waals surface area contributed by atoms with Crippen LogP contribution in [0.4, 0.5) is 10.5 Å². The van der Waals surface area contributed by atoms with Gasteiger partial charge < -0.3 is 4.74 Å². The van der Waals surface area contributed by atoms with Gasteiger partial charge in [0, 0.05) is 17.2 Å². The first kappa shape index (κ1) is 21.5. The molecule has 3 aromatic rings. The lowest BCUT2D eigenvalue weighted by Crippen LogP contribution is -2.27. The standard InChI is InChI=1S/C22H14ClN3O5S/c23-16-3-1-2-15(10-16)13-25-21(27)19(32-22(25)28)11-14-4-7-18(8-5-14)31-20-9-6-17(12-24-20)26(29)30/h1-12H,13H2/b19-11-. The summed E-state index contributed by atoms with van der Waals surface area (Å²) in [7, 11) is 0. The summed E-state index contributed by atoms with van der Waals surface area (Å²) in [6.45, 7) is 0.150. The van der Waals surface area contributed by atoms with E-state index in [2.05, 4.69) is 4.98 Å². The summed E-state index contributed by atoms with van der Waals surface area (Å²) in [4.78, 5) is 40.6. The number of nitro groups is 1. The molecule has 1 aliphatic heterocycles. The minimum absolute atomic E-state index is 0.128. The highest BCUT2D eigenvalue weighted by Gasteiger charge is 2.34. The number of imide groups is 1. The summed E-state index contributed by atoms with van der Waals surface area (Å²) in [5.41, 5.74) is 1.35. The van der Waals surface area contributed by atoms with Crippen molar-refractivity contribution < 1.29 is 19.2 Å². The van der Waals surface area contributed by atoms with Gasteiger partial charge in [0.15, 0.2) is 0 Å². The molecule has 1 saturated heterocycles. The lowest BCUT2D eigenvalue weighted by Gasteiger charge is -2.12. The fraction of sp³-hybridized carbons (Fsp3) is 0.0455. The number of carbonyl (C=O) groups is 2. The van der Waals surface area contributed by atoms with Crippen LogP contribution in [0.15, 0.2) is 71.8 Å². The molecule has 2 heterocycles. The predicted octanol–water partition coefficient (Wildman–Crippen LogP) is 5.67. The van der Waals surface area contributed by atoms with Crippen molar-refractivity contribution in [2.24, 2.45) is 0 Å². The molecule has 2 amide bonds. The van der Waals surface area contributed by atoms with E-state index in [0.29, 0.717) is 21.2 Å². The van der Waals surface area contributed by atoms with E-state index in [9.17, 15) is 19.7 Å². The lowest BCUT2D eigenvalue weighted by atomic mass is 10.2. The Morgan fingerprint density at radius 3 is 2.56 bits per heavy atom. The predicted molar refractivity (Wildman–Crippen MR) is 120 cm³/mol. The first-order chi connectivity index (χ1) is 15.4. The highest BCUT2D eigenvalue weighted by molar-refractivity contribution is 8.18. The summed E-state index contributed by atoms with van der Waals surface area (Å²) in [6, 6.07) is 16.5. The van der Waals surface area contributed by atoms with Crippen LogP contribution < -0.4 is 4.74 Å². The summed E-state index contributed by atoms with van der Waals surface area (Å²) >= 11 is 6.86. The third kappa shape index (κ3) is 4.96. The molecular weight excluding hydrogens is 454 g/mol. The monoisotopic (exact) mass is 467 g/mol. The molecule has 32 heavy (non-hydrogen) atoms. The number of aromatic nitrogens is 1. The van der Waals surface area contributed by atoms with Gasteiger partial charge in [-0.25, -0.2) is 4.98 Å². The van der Waals surface area contributed by atoms with E-state index in [0.717, 1.165) is 23.5 Å². The molecule has 1 fully saturated rings. The van der Waals surface area contributed by atoms with Gasteiger partial charge in [0.1, 0.15) is 11.9 Å². The number of halogens is 1. The Kier molecular flexibility index (Phi) is 6.20. The van der Waals surface area contributed by atoms with Crippen LogP contribution in [-0.2, 0) is 11.3 Å². The van der Waals surface area contributed by atoms with E-state index < -0.39 is 4.92 Å². The van der Waals surface area contributed by atoms with Gasteiger partial charge in [-0.15, -0.1) is 0 Å². The third-order valence-corrected chi connectivity index (χ3v) is 5.58. The van der Waals surface area contributed by atoms with Gasteiger partial charge in [0.25, 0.3) is 16.8 Å². The number of hydrogen-bond donors (Lipinski definition) is 0. The Morgan fingerprint density at radius 1 is 1.12 bits per heavy atom. The molecule has 0 spiro atoms. The average molecular weight is 468 g/mol. The Morgan fingerprint density at radius 2 is 1.91 bits per heavy atom. The second kappa shape index (κ2) is 9.21. The van der Waals surface area contributed by atoms with Gasteiger partial charge in [0.2, 0.25) is 5.88 Å². The zero-order valence-corrected chi connectivity index (χ0v) is 17.9. The minimum Gasteiger partial charge on any atom is -0.439 e. The summed E-state index contributed by atoms with van der Waals surface area (Å²) in [5, 5.41) is 10.9. The SMILES string of the molecule is O=C1S/C(=C\c2ccc(Oc3ccc([N+](=O)[O-])cn3)cc2)C(=O)N1Cc1cccc(Cl)c1. The van der Waals surface area contributed by atoms with Gasteiger partial charge >= 0.3 is 0 Å². The topological polar surface area (TPSA) is 103 Å². The third-order valence-electron chi connectivity index (χ3n) is 4.44. The number of thioether (sulfide) groups is 1. The van der Waals surface area contributed by atoms with E-state index in [4.69, 9.17) is 16.3 Å². The highest BCUT2D eigenvalue weighted by Crippen LogP contribution is 2.34. The molecule has 0 N–H and O–H groups in total. The number of benzene rings is 2. The van der Waals surface area contributed by atoms with Crippen molar-refractivity contribution in [3.05, 3.63) is 98.0 Å². The van der Waals surface area contributed by atoms with Crippen LogP contribution in [0.1, 0.15) is 11.1 Å². The maximum absolute atomic E-state index is 12.7. The molecule has 2 aromatic carbocycles. The van der Waals surface area contributed by atoms with Gasteiger partial charge in [-0.1, -0.05) is 35.9 Å². The van der Waals surface area contributed by atoms with E-state index in [1.165, 1.54) is 17.0 Å². The molecule has 0 atom stereocenters. The normalized spacial score (nSPS) is 14.8. The average Bonchev–Trinajstić information content (AvgIpc) is 3.03. The second-order valence-corrected chi connectivity index (χ2v) is 8.11. The van der Waals surface area contributed by atoms with Crippen LogP contribution >= 0.6 is 23.4 Å². The fourth-order valence-corrected chi connectivity index (χ4v) is 3.95. The van der Waals surface area contributed by atoms with Crippen molar-refractivity contribution in [2.45, 2.75) is 6.54 Å². The van der Waals surface area contributed by atoms with E-state index >= 15 is 0 Å². The Hall–Kier alpha value is -3.69. The van der Waals surface area contributed by atoms with Gasteiger partial charge in [-0.2, -0.15) is 0 Å². The molecule has 0 radical (unpaired) electrons. The Labute approximate surface area is 191 Å². The number of nitrogens with zero attached hydrogens (tertiary/aromatic N) is 3. The van der Waals surface area contributed by atoms with Crippen molar-refractivity contribution in [1.82, 2.24) is 9.88 Å². The van der Waals surface area contributed by atoms with Gasteiger partial charge in [-0.05, 0) is 53.2 Å². The van der Waals surface area contributed by atoms with Crippen LogP contribution in [0.2, 0.25) is 5.02 Å². The van der Waals surface area contributed by atoms with Crippen LogP contribution in [-0.4, -0.2) is 26.0 Å². The molecule has 0 aliphatic carbocycles. The summed E-state index contributed by atoms with van der Waals surface area (Å²) in [6.07, 6.45) is 2.75. The molecule has 10 heteroatoms. The number of carbonyl (C=O) groups excluding carboxylic acids is 2. The smallest absolute Gasteiger partial charge is 0.293 e. The quantitative estimate of drug-likeness (QED) is 0.261. The lowest BCUT2D eigenvalue weighted by molar-refractivity contribution is -0.385. The maximum Gasteiger partial charge on any atom is 0.293 e. The molecule has 4 rings (SSSR count). The van der Waals surface area contributed by atoms with Gasteiger partial charge in [-0.3, -0.25) is 24.6 Å². The van der Waals surface area contributed by atoms with Gasteiger partial charge in [0.05, 0.1) is 16.4 Å². The fourth-order valence-electron chi connectivity index (χ4n) is 2.90. The Bertz CT molecular complexity index is 1230. The Balaban J connectivity index is 1.44. The van der Waals surface area contributed by atoms with E-state index in [-0.39, 0.29) is 29.3 Å².